The minimum atomic E-state index is -0.0363. The van der Waals surface area contributed by atoms with E-state index in [9.17, 15) is 0 Å². The maximum absolute atomic E-state index is 5.50. The normalized spacial score (nSPS) is 35.0. The van der Waals surface area contributed by atoms with Crippen molar-refractivity contribution >= 4 is 12.6 Å². The van der Waals surface area contributed by atoms with Crippen LogP contribution >= 0.6 is 12.6 Å². The molecule has 0 radical (unpaired) electrons. The summed E-state index contributed by atoms with van der Waals surface area (Å²) in [6.07, 6.45) is 4.17. The lowest BCUT2D eigenvalue weighted by atomic mass is 10.1. The molecule has 0 aromatic heterocycles. The molecular weight excluding hydrogens is 216 g/mol. The molecule has 15 heavy (non-hydrogen) atoms. The molecule has 0 saturated carbocycles. The minimum absolute atomic E-state index is 0.0363. The van der Waals surface area contributed by atoms with Crippen molar-refractivity contribution in [2.45, 2.75) is 38.3 Å². The summed E-state index contributed by atoms with van der Waals surface area (Å²) in [5.74, 6) is 0. The van der Waals surface area contributed by atoms with Gasteiger partial charge in [0, 0.05) is 0 Å². The molecule has 5 heteroatoms. The van der Waals surface area contributed by atoms with Crippen LogP contribution in [0.3, 0.4) is 0 Å². The zero-order valence-electron chi connectivity index (χ0n) is 9.35. The Labute approximate surface area is 96.6 Å². The molecule has 2 aliphatic heterocycles. The molecule has 3 atom stereocenters. The first kappa shape index (κ1) is 13.3. The van der Waals surface area contributed by atoms with Crippen LogP contribution in [0.2, 0.25) is 0 Å². The number of rotatable bonds is 3. The second-order valence-corrected chi connectivity index (χ2v) is 3.51. The van der Waals surface area contributed by atoms with E-state index in [0.29, 0.717) is 6.79 Å². The van der Waals surface area contributed by atoms with Gasteiger partial charge in [-0.25, -0.2) is 0 Å². The summed E-state index contributed by atoms with van der Waals surface area (Å²) in [7, 11) is 0. The lowest BCUT2D eigenvalue weighted by molar-refractivity contribution is -0.0453. The fourth-order valence-electron chi connectivity index (χ4n) is 1.65. The van der Waals surface area contributed by atoms with Crippen LogP contribution in [0.25, 0.3) is 0 Å². The lowest BCUT2D eigenvalue weighted by Crippen LogP contribution is -2.16. The molecule has 90 valence electrons. The molecule has 0 aromatic carbocycles. The van der Waals surface area contributed by atoms with Crippen molar-refractivity contribution in [3.8, 4) is 0 Å². The fraction of sp³-hybridized carbons (Fsp3) is 1.00. The predicted molar refractivity (Wildman–Crippen MR) is 60.1 cm³/mol. The molecule has 0 aromatic rings. The van der Waals surface area contributed by atoms with Crippen LogP contribution in [-0.4, -0.2) is 44.8 Å². The topological polar surface area (TPSA) is 36.9 Å². The molecular formula is C10H20O4S. The smallest absolute Gasteiger partial charge is 0.155 e. The molecule has 0 bridgehead atoms. The summed E-state index contributed by atoms with van der Waals surface area (Å²) in [6.45, 7) is 3.82. The van der Waals surface area contributed by atoms with Gasteiger partial charge in [0.25, 0.3) is 0 Å². The highest BCUT2D eigenvalue weighted by atomic mass is 32.1. The third kappa shape index (κ3) is 4.70. The number of ether oxygens (including phenoxy) is 4. The standard InChI is InChI=1S/C9H16O4.CH4S/c1-7-11-5-9(13-7)3-2-8-4-10-6-12-8;1-2/h7-9H,2-6H2,1H3;2H,1H3. The average Bonchev–Trinajstić information content (AvgIpc) is 2.89. The van der Waals surface area contributed by atoms with Gasteiger partial charge in [-0.05, 0) is 26.0 Å². The maximum Gasteiger partial charge on any atom is 0.155 e. The zero-order chi connectivity index (χ0) is 11.1. The van der Waals surface area contributed by atoms with Gasteiger partial charge in [-0.2, -0.15) is 12.6 Å². The van der Waals surface area contributed by atoms with Crippen molar-refractivity contribution in [1.82, 2.24) is 0 Å². The van der Waals surface area contributed by atoms with Gasteiger partial charge in [0.15, 0.2) is 6.29 Å². The Morgan fingerprint density at radius 2 is 1.80 bits per heavy atom. The van der Waals surface area contributed by atoms with Gasteiger partial charge < -0.3 is 18.9 Å². The zero-order valence-corrected chi connectivity index (χ0v) is 10.2. The number of hydrogen-bond donors (Lipinski definition) is 1. The van der Waals surface area contributed by atoms with Crippen molar-refractivity contribution in [2.75, 3.05) is 26.3 Å². The van der Waals surface area contributed by atoms with E-state index in [4.69, 9.17) is 18.9 Å². The van der Waals surface area contributed by atoms with Gasteiger partial charge in [0.1, 0.15) is 6.79 Å². The second-order valence-electron chi connectivity index (χ2n) is 3.51. The van der Waals surface area contributed by atoms with Gasteiger partial charge in [0.2, 0.25) is 0 Å². The SMILES string of the molecule is CC1OCC(CCC2COCO2)O1.CS. The highest BCUT2D eigenvalue weighted by Crippen LogP contribution is 2.18. The van der Waals surface area contributed by atoms with Crippen LogP contribution in [0.5, 0.6) is 0 Å². The van der Waals surface area contributed by atoms with Gasteiger partial charge in [-0.3, -0.25) is 0 Å². The van der Waals surface area contributed by atoms with Crippen LogP contribution < -0.4 is 0 Å². The van der Waals surface area contributed by atoms with E-state index in [2.05, 4.69) is 12.6 Å². The summed E-state index contributed by atoms with van der Waals surface area (Å²) in [6, 6.07) is 0. The summed E-state index contributed by atoms with van der Waals surface area (Å²) >= 11 is 3.53. The van der Waals surface area contributed by atoms with Gasteiger partial charge in [0.05, 0.1) is 25.4 Å². The Bertz CT molecular complexity index is 162. The summed E-state index contributed by atoms with van der Waals surface area (Å²) in [5.41, 5.74) is 0. The third-order valence-corrected chi connectivity index (χ3v) is 2.40. The van der Waals surface area contributed by atoms with E-state index in [1.807, 2.05) is 6.92 Å². The Morgan fingerprint density at radius 1 is 1.07 bits per heavy atom. The van der Waals surface area contributed by atoms with Gasteiger partial charge >= 0.3 is 0 Å². The van der Waals surface area contributed by atoms with Crippen molar-refractivity contribution in [3.05, 3.63) is 0 Å². The first-order chi connectivity index (χ1) is 7.34. The van der Waals surface area contributed by atoms with E-state index in [0.717, 1.165) is 26.1 Å². The molecule has 0 N–H and O–H groups in total. The molecule has 0 amide bonds. The molecule has 0 spiro atoms. The third-order valence-electron chi connectivity index (χ3n) is 2.40. The van der Waals surface area contributed by atoms with Crippen LogP contribution in [0.1, 0.15) is 19.8 Å². The predicted octanol–water partition coefficient (Wildman–Crippen LogP) is 1.45. The summed E-state index contributed by atoms with van der Waals surface area (Å²) in [5, 5.41) is 0. The molecule has 3 unspecified atom stereocenters. The molecule has 2 fully saturated rings. The Hall–Kier alpha value is 0.190. The van der Waals surface area contributed by atoms with E-state index in [1.54, 1.807) is 6.26 Å². The molecule has 0 aliphatic carbocycles. The largest absolute Gasteiger partial charge is 0.353 e. The van der Waals surface area contributed by atoms with Crippen molar-refractivity contribution in [1.29, 1.82) is 0 Å². The van der Waals surface area contributed by atoms with Gasteiger partial charge in [-0.15, -0.1) is 0 Å². The van der Waals surface area contributed by atoms with E-state index in [-0.39, 0.29) is 18.5 Å². The number of hydrogen-bond acceptors (Lipinski definition) is 5. The van der Waals surface area contributed by atoms with E-state index < -0.39 is 0 Å². The average molecular weight is 236 g/mol. The highest BCUT2D eigenvalue weighted by molar-refractivity contribution is 7.79. The van der Waals surface area contributed by atoms with E-state index >= 15 is 0 Å². The summed E-state index contributed by atoms with van der Waals surface area (Å²) < 4.78 is 21.2. The fourth-order valence-corrected chi connectivity index (χ4v) is 1.65. The maximum atomic E-state index is 5.50. The lowest BCUT2D eigenvalue weighted by Gasteiger charge is -2.11. The monoisotopic (exact) mass is 236 g/mol. The number of thiol groups is 1. The molecule has 4 nitrogen and oxygen atoms in total. The highest BCUT2D eigenvalue weighted by Gasteiger charge is 2.24. The van der Waals surface area contributed by atoms with Gasteiger partial charge in [-0.1, -0.05) is 0 Å². The summed E-state index contributed by atoms with van der Waals surface area (Å²) in [4.78, 5) is 0. The Kier molecular flexibility index (Phi) is 6.59. The Morgan fingerprint density at radius 3 is 2.33 bits per heavy atom. The quantitative estimate of drug-likeness (QED) is 0.753. The molecule has 2 rings (SSSR count). The van der Waals surface area contributed by atoms with Crippen LogP contribution in [0.4, 0.5) is 0 Å². The first-order valence-corrected chi connectivity index (χ1v) is 6.15. The Balaban J connectivity index is 0.000000531. The molecule has 2 aliphatic rings. The van der Waals surface area contributed by atoms with Crippen molar-refractivity contribution in [2.24, 2.45) is 0 Å². The van der Waals surface area contributed by atoms with E-state index in [1.165, 1.54) is 0 Å². The van der Waals surface area contributed by atoms with Crippen molar-refractivity contribution in [3.63, 3.8) is 0 Å². The molecule has 2 heterocycles. The van der Waals surface area contributed by atoms with Crippen LogP contribution in [-0.2, 0) is 18.9 Å². The van der Waals surface area contributed by atoms with Crippen molar-refractivity contribution < 1.29 is 18.9 Å². The second kappa shape index (κ2) is 7.46. The first-order valence-electron chi connectivity index (χ1n) is 5.26. The molecule has 2 saturated heterocycles. The van der Waals surface area contributed by atoms with Crippen LogP contribution in [0, 0.1) is 0 Å². The minimum Gasteiger partial charge on any atom is -0.353 e. The van der Waals surface area contributed by atoms with Crippen LogP contribution in [0.15, 0.2) is 0 Å².